The zero-order chi connectivity index (χ0) is 17.6. The summed E-state index contributed by atoms with van der Waals surface area (Å²) in [4.78, 5) is 21.1. The minimum absolute atomic E-state index is 0.144. The molecule has 7 heteroatoms. The van der Waals surface area contributed by atoms with Crippen molar-refractivity contribution in [3.05, 3.63) is 58.0 Å². The van der Waals surface area contributed by atoms with Gasteiger partial charge in [-0.1, -0.05) is 17.7 Å². The highest BCUT2D eigenvalue weighted by atomic mass is 35.5. The number of halogens is 1. The summed E-state index contributed by atoms with van der Waals surface area (Å²) >= 11 is 7.49. The van der Waals surface area contributed by atoms with Crippen LogP contribution >= 0.6 is 22.9 Å². The number of benzene rings is 1. The lowest BCUT2D eigenvalue weighted by Crippen LogP contribution is -2.45. The largest absolute Gasteiger partial charge is 0.369 e. The van der Waals surface area contributed by atoms with E-state index in [0.717, 1.165) is 42.8 Å². The van der Waals surface area contributed by atoms with Gasteiger partial charge >= 0.3 is 0 Å². The van der Waals surface area contributed by atoms with Gasteiger partial charge in [-0.05, 0) is 24.3 Å². The second kappa shape index (κ2) is 8.47. The first kappa shape index (κ1) is 17.9. The number of carbonyl (C=O) groups excluding carboxylic acids is 1. The molecule has 1 amide bonds. The highest BCUT2D eigenvalue weighted by molar-refractivity contribution is 7.09. The van der Waals surface area contributed by atoms with Crippen LogP contribution in [0.5, 0.6) is 0 Å². The first-order chi connectivity index (χ1) is 12.2. The van der Waals surface area contributed by atoms with Crippen LogP contribution in [0.2, 0.25) is 5.02 Å². The molecule has 0 spiro atoms. The van der Waals surface area contributed by atoms with Crippen molar-refractivity contribution >= 4 is 34.5 Å². The van der Waals surface area contributed by atoms with Crippen molar-refractivity contribution < 1.29 is 4.79 Å². The molecule has 0 radical (unpaired) electrons. The van der Waals surface area contributed by atoms with Crippen LogP contribution in [0.1, 0.15) is 15.5 Å². The standard InChI is InChI=1S/C18H21ClN4OS/c1-2-7-20-18(24)16-13-25-17(21-16)12-22-8-10-23(11-9-22)15-5-3-14(19)4-6-15/h2-6,13H,1,7-12H2,(H,20,24). The molecule has 1 aliphatic rings. The third kappa shape index (κ3) is 4.81. The van der Waals surface area contributed by atoms with Gasteiger partial charge in [0.25, 0.3) is 5.91 Å². The van der Waals surface area contributed by atoms with E-state index < -0.39 is 0 Å². The lowest BCUT2D eigenvalue weighted by Gasteiger charge is -2.35. The summed E-state index contributed by atoms with van der Waals surface area (Å²) in [7, 11) is 0. The Labute approximate surface area is 156 Å². The fourth-order valence-corrected chi connectivity index (χ4v) is 3.69. The zero-order valence-electron chi connectivity index (χ0n) is 13.9. The van der Waals surface area contributed by atoms with E-state index in [9.17, 15) is 4.79 Å². The second-order valence-electron chi connectivity index (χ2n) is 5.86. The summed E-state index contributed by atoms with van der Waals surface area (Å²) in [6.07, 6.45) is 1.66. The lowest BCUT2D eigenvalue weighted by atomic mass is 10.2. The highest BCUT2D eigenvalue weighted by Gasteiger charge is 2.19. The first-order valence-corrected chi connectivity index (χ1v) is 9.48. The molecule has 3 rings (SSSR count). The van der Waals surface area contributed by atoms with E-state index in [1.165, 1.54) is 17.0 Å². The molecule has 1 N–H and O–H groups in total. The molecule has 0 atom stereocenters. The fraction of sp³-hybridized carbons (Fsp3) is 0.333. The molecule has 25 heavy (non-hydrogen) atoms. The maximum Gasteiger partial charge on any atom is 0.271 e. The van der Waals surface area contributed by atoms with E-state index in [0.29, 0.717) is 12.2 Å². The Morgan fingerprint density at radius 3 is 2.68 bits per heavy atom. The molecule has 0 saturated carbocycles. The summed E-state index contributed by atoms with van der Waals surface area (Å²) in [5.74, 6) is -0.144. The van der Waals surface area contributed by atoms with Crippen molar-refractivity contribution in [1.29, 1.82) is 0 Å². The van der Waals surface area contributed by atoms with Crippen LogP contribution in [0.3, 0.4) is 0 Å². The van der Waals surface area contributed by atoms with Crippen LogP contribution in [-0.2, 0) is 6.54 Å². The third-order valence-corrected chi connectivity index (χ3v) is 5.20. The molecule has 132 valence electrons. The van der Waals surface area contributed by atoms with Gasteiger partial charge in [-0.25, -0.2) is 4.98 Å². The number of thiazole rings is 1. The van der Waals surface area contributed by atoms with Gasteiger partial charge in [0.05, 0.1) is 6.54 Å². The molecule has 2 aromatic rings. The van der Waals surface area contributed by atoms with E-state index in [2.05, 4.69) is 38.8 Å². The number of amides is 1. The van der Waals surface area contributed by atoms with Crippen molar-refractivity contribution in [2.24, 2.45) is 0 Å². The Bertz CT molecular complexity index is 723. The topological polar surface area (TPSA) is 48.5 Å². The zero-order valence-corrected chi connectivity index (χ0v) is 15.5. The van der Waals surface area contributed by atoms with Crippen molar-refractivity contribution in [2.45, 2.75) is 6.54 Å². The van der Waals surface area contributed by atoms with Crippen LogP contribution < -0.4 is 10.2 Å². The summed E-state index contributed by atoms with van der Waals surface area (Å²) < 4.78 is 0. The van der Waals surface area contributed by atoms with Gasteiger partial charge in [-0.2, -0.15) is 0 Å². The Balaban J connectivity index is 1.50. The molecule has 5 nitrogen and oxygen atoms in total. The highest BCUT2D eigenvalue weighted by Crippen LogP contribution is 2.20. The maximum atomic E-state index is 11.9. The number of carbonyl (C=O) groups is 1. The number of hydrogen-bond donors (Lipinski definition) is 1. The molecule has 1 aromatic heterocycles. The van der Waals surface area contributed by atoms with Crippen molar-refractivity contribution in [1.82, 2.24) is 15.2 Å². The molecule has 1 fully saturated rings. The van der Waals surface area contributed by atoms with E-state index in [1.54, 1.807) is 6.08 Å². The minimum Gasteiger partial charge on any atom is -0.369 e. The van der Waals surface area contributed by atoms with Crippen molar-refractivity contribution in [2.75, 3.05) is 37.6 Å². The van der Waals surface area contributed by atoms with E-state index in [1.807, 2.05) is 17.5 Å². The van der Waals surface area contributed by atoms with Gasteiger partial charge in [0.15, 0.2) is 0 Å². The van der Waals surface area contributed by atoms with Gasteiger partial charge < -0.3 is 10.2 Å². The summed E-state index contributed by atoms with van der Waals surface area (Å²) in [6, 6.07) is 7.98. The Kier molecular flexibility index (Phi) is 6.07. The number of anilines is 1. The van der Waals surface area contributed by atoms with Gasteiger partial charge in [0.1, 0.15) is 10.7 Å². The number of aromatic nitrogens is 1. The van der Waals surface area contributed by atoms with Crippen LogP contribution in [-0.4, -0.2) is 48.5 Å². The number of nitrogens with zero attached hydrogens (tertiary/aromatic N) is 3. The normalized spacial score (nSPS) is 15.2. The molecule has 1 aliphatic heterocycles. The smallest absolute Gasteiger partial charge is 0.271 e. The summed E-state index contributed by atoms with van der Waals surface area (Å²) in [5.41, 5.74) is 1.70. The predicted molar refractivity (Wildman–Crippen MR) is 104 cm³/mol. The van der Waals surface area contributed by atoms with E-state index in [4.69, 9.17) is 11.6 Å². The lowest BCUT2D eigenvalue weighted by molar-refractivity contribution is 0.0953. The van der Waals surface area contributed by atoms with Crippen molar-refractivity contribution in [3.8, 4) is 0 Å². The summed E-state index contributed by atoms with van der Waals surface area (Å²) in [6.45, 7) is 8.72. The fourth-order valence-electron chi connectivity index (χ4n) is 2.75. The van der Waals surface area contributed by atoms with Crippen LogP contribution in [0.25, 0.3) is 0 Å². The predicted octanol–water partition coefficient (Wildman–Crippen LogP) is 3.03. The number of piperazine rings is 1. The number of hydrogen-bond acceptors (Lipinski definition) is 5. The average molecular weight is 377 g/mol. The first-order valence-electron chi connectivity index (χ1n) is 8.22. The van der Waals surface area contributed by atoms with Gasteiger partial charge in [-0.3, -0.25) is 9.69 Å². The maximum absolute atomic E-state index is 11.9. The quantitative estimate of drug-likeness (QED) is 0.787. The second-order valence-corrected chi connectivity index (χ2v) is 7.24. The van der Waals surface area contributed by atoms with Gasteiger partial charge in [-0.15, -0.1) is 17.9 Å². The SMILES string of the molecule is C=CCNC(=O)c1csc(CN2CCN(c3ccc(Cl)cc3)CC2)n1. The molecular formula is C18H21ClN4OS. The van der Waals surface area contributed by atoms with Gasteiger partial charge in [0.2, 0.25) is 0 Å². The molecule has 0 aliphatic carbocycles. The molecule has 1 saturated heterocycles. The molecule has 2 heterocycles. The monoisotopic (exact) mass is 376 g/mol. The molecule has 0 bridgehead atoms. The number of rotatable bonds is 6. The third-order valence-electron chi connectivity index (χ3n) is 4.11. The van der Waals surface area contributed by atoms with Gasteiger partial charge in [0, 0.05) is 48.8 Å². The molecule has 1 aromatic carbocycles. The molecular weight excluding hydrogens is 356 g/mol. The van der Waals surface area contributed by atoms with E-state index in [-0.39, 0.29) is 5.91 Å². The minimum atomic E-state index is -0.144. The molecule has 0 unspecified atom stereocenters. The van der Waals surface area contributed by atoms with Crippen LogP contribution in [0, 0.1) is 0 Å². The Morgan fingerprint density at radius 1 is 1.28 bits per heavy atom. The Hall–Kier alpha value is -1.89. The van der Waals surface area contributed by atoms with E-state index >= 15 is 0 Å². The van der Waals surface area contributed by atoms with Crippen LogP contribution in [0.4, 0.5) is 5.69 Å². The van der Waals surface area contributed by atoms with Crippen LogP contribution in [0.15, 0.2) is 42.3 Å². The average Bonchev–Trinajstić information content (AvgIpc) is 3.10. The Morgan fingerprint density at radius 2 is 2.00 bits per heavy atom. The summed E-state index contributed by atoms with van der Waals surface area (Å²) in [5, 5.41) is 6.31. The number of nitrogens with one attached hydrogen (secondary N) is 1. The van der Waals surface area contributed by atoms with Crippen molar-refractivity contribution in [3.63, 3.8) is 0 Å².